The fraction of sp³-hybridized carbons (Fsp3) is 0.400. The van der Waals surface area contributed by atoms with E-state index < -0.39 is 24.5 Å². The molecule has 3 N–H and O–H groups in total. The summed E-state index contributed by atoms with van der Waals surface area (Å²) in [6.07, 6.45) is -1.35. The number of aromatic nitrogens is 4. The van der Waals surface area contributed by atoms with Gasteiger partial charge in [-0.3, -0.25) is 4.57 Å². The molecule has 100 valence electrons. The maximum Gasteiger partial charge on any atom is 0.333 e. The summed E-state index contributed by atoms with van der Waals surface area (Å²) in [5.41, 5.74) is 6.26. The van der Waals surface area contributed by atoms with Gasteiger partial charge >= 0.3 is 5.97 Å². The van der Waals surface area contributed by atoms with Crippen molar-refractivity contribution in [2.24, 2.45) is 0 Å². The van der Waals surface area contributed by atoms with Gasteiger partial charge < -0.3 is 15.6 Å². The predicted molar refractivity (Wildman–Crippen MR) is 60.8 cm³/mol. The zero-order valence-corrected chi connectivity index (χ0v) is 9.60. The lowest BCUT2D eigenvalue weighted by Crippen LogP contribution is -2.20. The molecule has 0 saturated carbocycles. The molecule has 0 radical (unpaired) electrons. The molecule has 3 rings (SSSR count). The second-order valence-corrected chi connectivity index (χ2v) is 4.19. The Labute approximate surface area is 106 Å². The van der Waals surface area contributed by atoms with Crippen LogP contribution in [0.3, 0.4) is 0 Å². The molecule has 9 heteroatoms. The highest BCUT2D eigenvalue weighted by molar-refractivity contribution is 5.81. The Kier molecular flexibility index (Phi) is 2.56. The molecule has 0 aromatic carbocycles. The molecule has 0 spiro atoms. The molecule has 19 heavy (non-hydrogen) atoms. The number of anilines is 1. The van der Waals surface area contributed by atoms with E-state index in [4.69, 9.17) is 15.6 Å². The first-order valence-electron chi connectivity index (χ1n) is 5.53. The molecule has 1 aliphatic rings. The summed E-state index contributed by atoms with van der Waals surface area (Å²) in [5, 5.41) is 8.84. The molecule has 1 unspecified atom stereocenters. The van der Waals surface area contributed by atoms with Gasteiger partial charge in [0.2, 0.25) is 0 Å². The van der Waals surface area contributed by atoms with Crippen molar-refractivity contribution in [1.29, 1.82) is 0 Å². The Morgan fingerprint density at radius 3 is 3.00 bits per heavy atom. The van der Waals surface area contributed by atoms with E-state index in [1.54, 1.807) is 0 Å². The maximum absolute atomic E-state index is 13.9. The number of fused-ring (bicyclic) bond motifs is 1. The second kappa shape index (κ2) is 4.12. The van der Waals surface area contributed by atoms with Gasteiger partial charge in [-0.1, -0.05) is 0 Å². The number of carboxylic acid groups (broad SMARTS) is 1. The lowest BCUT2D eigenvalue weighted by molar-refractivity contribution is -0.151. The second-order valence-electron chi connectivity index (χ2n) is 4.19. The third kappa shape index (κ3) is 1.78. The minimum Gasteiger partial charge on any atom is -0.479 e. The molecule has 0 aliphatic carbocycles. The minimum absolute atomic E-state index is 0.173. The topological polar surface area (TPSA) is 116 Å². The van der Waals surface area contributed by atoms with Crippen LogP contribution in [0.4, 0.5) is 10.2 Å². The van der Waals surface area contributed by atoms with E-state index in [2.05, 4.69) is 15.0 Å². The van der Waals surface area contributed by atoms with Gasteiger partial charge in [-0.15, -0.1) is 0 Å². The summed E-state index contributed by atoms with van der Waals surface area (Å²) in [7, 11) is 0. The molecular formula is C10H10FN5O3. The number of aliphatic carboxylic acids is 1. The van der Waals surface area contributed by atoms with Crippen LogP contribution in [-0.4, -0.2) is 42.9 Å². The average molecular weight is 267 g/mol. The van der Waals surface area contributed by atoms with Crippen molar-refractivity contribution < 1.29 is 19.0 Å². The Morgan fingerprint density at radius 1 is 1.53 bits per heavy atom. The van der Waals surface area contributed by atoms with Gasteiger partial charge in [-0.2, -0.15) is 0 Å². The van der Waals surface area contributed by atoms with Gasteiger partial charge in [0.25, 0.3) is 0 Å². The quantitative estimate of drug-likeness (QED) is 0.793. The van der Waals surface area contributed by atoms with E-state index in [0.717, 1.165) is 0 Å². The summed E-state index contributed by atoms with van der Waals surface area (Å²) >= 11 is 0. The van der Waals surface area contributed by atoms with Crippen molar-refractivity contribution in [2.75, 3.05) is 5.73 Å². The summed E-state index contributed by atoms with van der Waals surface area (Å²) in [6.45, 7) is 0. The predicted octanol–water partition coefficient (Wildman–Crippen LogP) is 0.119. The molecule has 8 nitrogen and oxygen atoms in total. The molecule has 3 atom stereocenters. The lowest BCUT2D eigenvalue weighted by atomic mass is 10.2. The molecule has 3 heterocycles. The van der Waals surface area contributed by atoms with Crippen LogP contribution in [0, 0.1) is 0 Å². The molecule has 1 fully saturated rings. The smallest absolute Gasteiger partial charge is 0.333 e. The molecule has 1 saturated heterocycles. The first-order valence-corrected chi connectivity index (χ1v) is 5.53. The van der Waals surface area contributed by atoms with E-state index in [0.29, 0.717) is 11.2 Å². The number of carbonyl (C=O) groups is 1. The molecule has 0 amide bonds. The number of imidazole rings is 1. The highest BCUT2D eigenvalue weighted by Crippen LogP contribution is 2.33. The number of alkyl halides is 1. The van der Waals surface area contributed by atoms with E-state index in [1.807, 2.05) is 0 Å². The number of nitrogen functional groups attached to an aromatic ring is 1. The monoisotopic (exact) mass is 267 g/mol. The number of nitrogens with zero attached hydrogens (tertiary/aromatic N) is 4. The van der Waals surface area contributed by atoms with Gasteiger partial charge in [-0.05, 0) is 0 Å². The van der Waals surface area contributed by atoms with Crippen molar-refractivity contribution in [3.8, 4) is 0 Å². The van der Waals surface area contributed by atoms with Gasteiger partial charge in [0.1, 0.15) is 18.0 Å². The highest BCUT2D eigenvalue weighted by atomic mass is 19.1. The number of ether oxygens (including phenoxy) is 1. The van der Waals surface area contributed by atoms with Crippen molar-refractivity contribution in [3.63, 3.8) is 0 Å². The number of hydrogen-bond donors (Lipinski definition) is 2. The van der Waals surface area contributed by atoms with E-state index in [9.17, 15) is 9.18 Å². The van der Waals surface area contributed by atoms with Crippen LogP contribution in [0.15, 0.2) is 12.7 Å². The van der Waals surface area contributed by atoms with Crippen LogP contribution in [0.2, 0.25) is 0 Å². The highest BCUT2D eigenvalue weighted by Gasteiger charge is 2.41. The molecule has 2 aromatic rings. The van der Waals surface area contributed by atoms with Crippen LogP contribution in [0.5, 0.6) is 0 Å². The van der Waals surface area contributed by atoms with Crippen LogP contribution in [0.1, 0.15) is 12.6 Å². The fourth-order valence-electron chi connectivity index (χ4n) is 2.09. The number of nitrogens with two attached hydrogens (primary N) is 1. The molecule has 2 aromatic heterocycles. The van der Waals surface area contributed by atoms with E-state index >= 15 is 0 Å². The van der Waals surface area contributed by atoms with Gasteiger partial charge in [0, 0.05) is 6.42 Å². The normalized spacial score (nSPS) is 26.9. The molecule has 0 bridgehead atoms. The SMILES string of the molecule is Nc1ncnc2c1ncn2[C@@H]1OC(C(=O)O)C[C@@H]1F. The van der Waals surface area contributed by atoms with E-state index in [1.165, 1.54) is 17.2 Å². The first-order chi connectivity index (χ1) is 9.08. The standard InChI is InChI=1S/C10H10FN5O3/c11-4-1-5(10(17)18)19-9(4)16-3-15-6-7(12)13-2-14-8(6)16/h2-5,9H,1H2,(H,17,18)(H2,12,13,14)/t4-,5?,9+/m0/s1. The minimum atomic E-state index is -1.45. The van der Waals surface area contributed by atoms with E-state index in [-0.39, 0.29) is 12.2 Å². The molecule has 1 aliphatic heterocycles. The Morgan fingerprint density at radius 2 is 2.32 bits per heavy atom. The summed E-state index contributed by atoms with van der Waals surface area (Å²) in [6, 6.07) is 0. The molecular weight excluding hydrogens is 257 g/mol. The zero-order valence-electron chi connectivity index (χ0n) is 9.60. The fourth-order valence-corrected chi connectivity index (χ4v) is 2.09. The van der Waals surface area contributed by atoms with Crippen LogP contribution >= 0.6 is 0 Å². The Balaban J connectivity index is 2.01. The Hall–Kier alpha value is -2.29. The number of rotatable bonds is 2. The van der Waals surface area contributed by atoms with Crippen LogP contribution < -0.4 is 5.73 Å². The summed E-state index contributed by atoms with van der Waals surface area (Å²) in [5.74, 6) is -1.02. The van der Waals surface area contributed by atoms with Crippen molar-refractivity contribution in [3.05, 3.63) is 12.7 Å². The lowest BCUT2D eigenvalue weighted by Gasteiger charge is -2.14. The largest absolute Gasteiger partial charge is 0.479 e. The first kappa shape index (κ1) is 11.8. The van der Waals surface area contributed by atoms with Gasteiger partial charge in [-0.25, -0.2) is 24.1 Å². The average Bonchev–Trinajstić information content (AvgIpc) is 2.93. The summed E-state index contributed by atoms with van der Waals surface area (Å²) in [4.78, 5) is 22.5. The third-order valence-corrected chi connectivity index (χ3v) is 2.99. The maximum atomic E-state index is 13.9. The number of carboxylic acids is 1. The third-order valence-electron chi connectivity index (χ3n) is 2.99. The van der Waals surface area contributed by atoms with Gasteiger partial charge in [0.15, 0.2) is 23.8 Å². The van der Waals surface area contributed by atoms with Crippen molar-refractivity contribution in [1.82, 2.24) is 19.5 Å². The van der Waals surface area contributed by atoms with Crippen LogP contribution in [0.25, 0.3) is 11.2 Å². The van der Waals surface area contributed by atoms with Crippen LogP contribution in [-0.2, 0) is 9.53 Å². The number of halogens is 1. The van der Waals surface area contributed by atoms with Gasteiger partial charge in [0.05, 0.1) is 6.33 Å². The van der Waals surface area contributed by atoms with Crippen molar-refractivity contribution in [2.45, 2.75) is 24.9 Å². The Bertz CT molecular complexity index is 645. The summed E-state index contributed by atoms with van der Waals surface area (Å²) < 4.78 is 20.4. The zero-order chi connectivity index (χ0) is 13.6. The van der Waals surface area contributed by atoms with Crippen molar-refractivity contribution >= 4 is 23.0 Å². The number of hydrogen-bond acceptors (Lipinski definition) is 6.